The molecule has 3 aromatic carbocycles. The molecule has 0 bridgehead atoms. The van der Waals surface area contributed by atoms with Crippen molar-refractivity contribution < 1.29 is 13.5 Å². The fourth-order valence-electron chi connectivity index (χ4n) is 2.43. The number of halogens is 2. The van der Waals surface area contributed by atoms with Crippen molar-refractivity contribution in [3.05, 3.63) is 96.1 Å². The molecule has 0 unspecified atom stereocenters. The third-order valence-electron chi connectivity index (χ3n) is 3.74. The Morgan fingerprint density at radius 1 is 0.880 bits per heavy atom. The second-order valence-corrected chi connectivity index (χ2v) is 5.59. The zero-order chi connectivity index (χ0) is 17.8. The van der Waals surface area contributed by atoms with Crippen molar-refractivity contribution in [1.29, 1.82) is 0 Å². The summed E-state index contributed by atoms with van der Waals surface area (Å²) in [5.41, 5.74) is 1.68. The van der Waals surface area contributed by atoms with Crippen LogP contribution in [0.4, 0.5) is 14.5 Å². The minimum Gasteiger partial charge on any atom is -0.457 e. The van der Waals surface area contributed by atoms with Crippen LogP contribution in [0.3, 0.4) is 0 Å². The van der Waals surface area contributed by atoms with Crippen LogP contribution in [0, 0.1) is 18.6 Å². The molecule has 3 aromatic rings. The summed E-state index contributed by atoms with van der Waals surface area (Å²) < 4.78 is 33.4. The van der Waals surface area contributed by atoms with Gasteiger partial charge in [-0.3, -0.25) is 0 Å². The van der Waals surface area contributed by atoms with Crippen molar-refractivity contribution >= 4 is 11.4 Å². The first-order valence-electron chi connectivity index (χ1n) is 7.78. The lowest BCUT2D eigenvalue weighted by Gasteiger charge is -2.13. The summed E-state index contributed by atoms with van der Waals surface area (Å²) in [5, 5.41) is 2.91. The van der Waals surface area contributed by atoms with E-state index in [1.807, 2.05) is 31.2 Å². The number of ether oxygens (including phenoxy) is 1. The van der Waals surface area contributed by atoms with E-state index in [0.717, 1.165) is 11.3 Å². The molecule has 25 heavy (non-hydrogen) atoms. The van der Waals surface area contributed by atoms with Crippen molar-refractivity contribution in [3.63, 3.8) is 0 Å². The highest BCUT2D eigenvalue weighted by Crippen LogP contribution is 2.27. The lowest BCUT2D eigenvalue weighted by Crippen LogP contribution is -2.02. The summed E-state index contributed by atoms with van der Waals surface area (Å²) >= 11 is 0. The van der Waals surface area contributed by atoms with Gasteiger partial charge < -0.3 is 10.1 Å². The summed E-state index contributed by atoms with van der Waals surface area (Å²) in [4.78, 5) is 0. The number of nitrogens with one attached hydrogen (secondary N) is 1. The lowest BCUT2D eigenvalue weighted by atomic mass is 10.1. The predicted molar refractivity (Wildman–Crippen MR) is 96.7 cm³/mol. The minimum absolute atomic E-state index is 0.156. The third-order valence-corrected chi connectivity index (χ3v) is 3.74. The number of hydrogen-bond acceptors (Lipinski definition) is 2. The van der Waals surface area contributed by atoms with Crippen LogP contribution in [-0.2, 0) is 0 Å². The van der Waals surface area contributed by atoms with Gasteiger partial charge in [0.2, 0.25) is 0 Å². The topological polar surface area (TPSA) is 21.3 Å². The molecule has 0 aliphatic rings. The van der Waals surface area contributed by atoms with E-state index in [0.29, 0.717) is 11.4 Å². The number of para-hydroxylation sites is 1. The fourth-order valence-corrected chi connectivity index (χ4v) is 2.43. The van der Waals surface area contributed by atoms with E-state index in [2.05, 4.69) is 11.9 Å². The summed E-state index contributed by atoms with van der Waals surface area (Å²) in [5.74, 6) is 0.137. The van der Waals surface area contributed by atoms with E-state index < -0.39 is 11.6 Å². The maximum Gasteiger partial charge on any atom is 0.135 e. The molecule has 0 spiro atoms. The van der Waals surface area contributed by atoms with Crippen LogP contribution in [0.1, 0.15) is 11.1 Å². The molecule has 3 rings (SSSR count). The first-order chi connectivity index (χ1) is 12.0. The van der Waals surface area contributed by atoms with Crippen molar-refractivity contribution in [3.8, 4) is 11.5 Å². The van der Waals surface area contributed by atoms with Crippen LogP contribution < -0.4 is 10.1 Å². The van der Waals surface area contributed by atoms with E-state index in [-0.39, 0.29) is 11.3 Å². The van der Waals surface area contributed by atoms with Gasteiger partial charge in [0, 0.05) is 11.4 Å². The predicted octanol–water partition coefficient (Wildman–Crippen LogP) is 6.15. The van der Waals surface area contributed by atoms with Crippen molar-refractivity contribution in [2.75, 3.05) is 5.32 Å². The van der Waals surface area contributed by atoms with Gasteiger partial charge in [0.1, 0.15) is 23.1 Å². The molecule has 0 amide bonds. The SMILES string of the molecule is C=C(Nc1ccc(Oc2ccccc2C)cc1)c1c(F)cccc1F. The molecule has 0 atom stereocenters. The van der Waals surface area contributed by atoms with Gasteiger partial charge in [-0.1, -0.05) is 30.8 Å². The molecule has 4 heteroatoms. The maximum atomic E-state index is 13.8. The van der Waals surface area contributed by atoms with Gasteiger partial charge in [0.25, 0.3) is 0 Å². The molecular formula is C21H17F2NO. The van der Waals surface area contributed by atoms with Gasteiger partial charge in [0.15, 0.2) is 0 Å². The fraction of sp³-hybridized carbons (Fsp3) is 0.0476. The van der Waals surface area contributed by atoms with Crippen molar-refractivity contribution in [2.24, 2.45) is 0 Å². The van der Waals surface area contributed by atoms with E-state index in [1.54, 1.807) is 24.3 Å². The molecule has 0 fully saturated rings. The highest BCUT2D eigenvalue weighted by atomic mass is 19.1. The Kier molecular flexibility index (Phi) is 4.80. The molecule has 2 nitrogen and oxygen atoms in total. The number of hydrogen-bond donors (Lipinski definition) is 1. The van der Waals surface area contributed by atoms with Gasteiger partial charge in [-0.25, -0.2) is 8.78 Å². The molecule has 0 heterocycles. The highest BCUT2D eigenvalue weighted by Gasteiger charge is 2.12. The van der Waals surface area contributed by atoms with E-state index in [9.17, 15) is 8.78 Å². The van der Waals surface area contributed by atoms with E-state index in [4.69, 9.17) is 4.74 Å². The van der Waals surface area contributed by atoms with Crippen LogP contribution in [-0.4, -0.2) is 0 Å². The largest absolute Gasteiger partial charge is 0.457 e. The molecule has 1 N–H and O–H groups in total. The highest BCUT2D eigenvalue weighted by molar-refractivity contribution is 5.75. The smallest absolute Gasteiger partial charge is 0.135 e. The number of aryl methyl sites for hydroxylation is 1. The Morgan fingerprint density at radius 3 is 2.16 bits per heavy atom. The average molecular weight is 337 g/mol. The molecule has 0 aromatic heterocycles. The van der Waals surface area contributed by atoms with E-state index in [1.165, 1.54) is 18.2 Å². The molecule has 0 saturated carbocycles. The quantitative estimate of drug-likeness (QED) is 0.603. The van der Waals surface area contributed by atoms with Crippen LogP contribution >= 0.6 is 0 Å². The maximum absolute atomic E-state index is 13.8. The third kappa shape index (κ3) is 3.86. The summed E-state index contributed by atoms with van der Waals surface area (Å²) in [6.07, 6.45) is 0. The van der Waals surface area contributed by atoms with Gasteiger partial charge in [-0.15, -0.1) is 0 Å². The van der Waals surface area contributed by atoms with Gasteiger partial charge >= 0.3 is 0 Å². The first kappa shape index (κ1) is 16.7. The number of rotatable bonds is 5. The molecule has 0 saturated heterocycles. The first-order valence-corrected chi connectivity index (χ1v) is 7.78. The second kappa shape index (κ2) is 7.18. The number of benzene rings is 3. The van der Waals surface area contributed by atoms with Crippen LogP contribution in [0.25, 0.3) is 5.70 Å². The Bertz CT molecular complexity index is 884. The van der Waals surface area contributed by atoms with Crippen LogP contribution in [0.2, 0.25) is 0 Å². The zero-order valence-corrected chi connectivity index (χ0v) is 13.7. The summed E-state index contributed by atoms with van der Waals surface area (Å²) in [6, 6.07) is 18.5. The average Bonchev–Trinajstić information content (AvgIpc) is 2.58. The monoisotopic (exact) mass is 337 g/mol. The van der Waals surface area contributed by atoms with Gasteiger partial charge in [0.05, 0.1) is 5.56 Å². The van der Waals surface area contributed by atoms with Crippen LogP contribution in [0.15, 0.2) is 73.3 Å². The summed E-state index contributed by atoms with van der Waals surface area (Å²) in [7, 11) is 0. The minimum atomic E-state index is -0.656. The second-order valence-electron chi connectivity index (χ2n) is 5.59. The number of anilines is 1. The Labute approximate surface area is 145 Å². The van der Waals surface area contributed by atoms with Crippen molar-refractivity contribution in [2.45, 2.75) is 6.92 Å². The Hall–Kier alpha value is -3.14. The molecule has 0 aliphatic heterocycles. The lowest BCUT2D eigenvalue weighted by molar-refractivity contribution is 0.479. The summed E-state index contributed by atoms with van der Waals surface area (Å²) in [6.45, 7) is 5.69. The molecular weight excluding hydrogens is 320 g/mol. The standard InChI is InChI=1S/C21H17F2NO/c1-14-6-3-4-9-20(14)25-17-12-10-16(11-13-17)24-15(2)21-18(22)7-5-8-19(21)23/h3-13,24H,2H2,1H3. The molecule has 126 valence electrons. The van der Waals surface area contributed by atoms with E-state index >= 15 is 0 Å². The van der Waals surface area contributed by atoms with Crippen molar-refractivity contribution in [1.82, 2.24) is 0 Å². The van der Waals surface area contributed by atoms with Gasteiger partial charge in [-0.2, -0.15) is 0 Å². The Balaban J connectivity index is 1.73. The molecule has 0 radical (unpaired) electrons. The molecule has 0 aliphatic carbocycles. The normalized spacial score (nSPS) is 10.4. The zero-order valence-electron chi connectivity index (χ0n) is 13.7. The van der Waals surface area contributed by atoms with Gasteiger partial charge in [-0.05, 0) is 55.0 Å². The van der Waals surface area contributed by atoms with Crippen LogP contribution in [0.5, 0.6) is 11.5 Å². The Morgan fingerprint density at radius 2 is 1.52 bits per heavy atom.